The summed E-state index contributed by atoms with van der Waals surface area (Å²) in [5.74, 6) is 0.774. The second kappa shape index (κ2) is 7.37. The highest BCUT2D eigenvalue weighted by molar-refractivity contribution is 6.02. The van der Waals surface area contributed by atoms with E-state index in [1.54, 1.807) is 0 Å². The summed E-state index contributed by atoms with van der Waals surface area (Å²) < 4.78 is 0. The Hall–Kier alpha value is -1.91. The van der Waals surface area contributed by atoms with Crippen molar-refractivity contribution in [3.05, 3.63) is 17.7 Å². The first-order chi connectivity index (χ1) is 12.3. The van der Waals surface area contributed by atoms with Crippen molar-refractivity contribution in [1.82, 2.24) is 5.32 Å². The van der Waals surface area contributed by atoms with Crippen molar-refractivity contribution in [3.8, 4) is 0 Å². The molecule has 26 heavy (non-hydrogen) atoms. The van der Waals surface area contributed by atoms with Crippen molar-refractivity contribution in [1.29, 1.82) is 0 Å². The monoisotopic (exact) mass is 358 g/mol. The Kier molecular flexibility index (Phi) is 5.35. The molecule has 0 spiro atoms. The van der Waals surface area contributed by atoms with E-state index >= 15 is 0 Å². The van der Waals surface area contributed by atoms with Crippen LogP contribution in [0.1, 0.15) is 62.7 Å². The maximum Gasteiger partial charge on any atom is 0.253 e. The lowest BCUT2D eigenvalue weighted by atomic mass is 9.87. The lowest BCUT2D eigenvalue weighted by Crippen LogP contribution is -2.38. The van der Waals surface area contributed by atoms with Crippen molar-refractivity contribution < 1.29 is 4.79 Å². The summed E-state index contributed by atoms with van der Waals surface area (Å²) in [4.78, 5) is 15.3. The van der Waals surface area contributed by atoms with Crippen LogP contribution in [0.5, 0.6) is 0 Å². The summed E-state index contributed by atoms with van der Waals surface area (Å²) in [5.41, 5.74) is 9.68. The Morgan fingerprint density at radius 3 is 2.50 bits per heavy atom. The van der Waals surface area contributed by atoms with Crippen LogP contribution in [0, 0.1) is 11.3 Å². The second-order valence-electron chi connectivity index (χ2n) is 8.80. The topological polar surface area (TPSA) is 70.4 Å². The van der Waals surface area contributed by atoms with Gasteiger partial charge in [0.15, 0.2) is 0 Å². The normalized spacial score (nSPS) is 24.0. The summed E-state index contributed by atoms with van der Waals surface area (Å²) in [6.07, 6.45) is 7.04. The van der Waals surface area contributed by atoms with Gasteiger partial charge in [-0.2, -0.15) is 0 Å². The van der Waals surface area contributed by atoms with Crippen molar-refractivity contribution >= 4 is 23.0 Å². The highest BCUT2D eigenvalue weighted by Gasteiger charge is 2.38. The number of nitrogens with zero attached hydrogens (tertiary/aromatic N) is 1. The fourth-order valence-corrected chi connectivity index (χ4v) is 4.02. The van der Waals surface area contributed by atoms with Crippen LogP contribution in [0.25, 0.3) is 0 Å². The average molecular weight is 359 g/mol. The third-order valence-corrected chi connectivity index (χ3v) is 6.17. The predicted molar refractivity (Wildman–Crippen MR) is 110 cm³/mol. The molecule has 0 heterocycles. The maximum absolute atomic E-state index is 13.0. The third kappa shape index (κ3) is 4.25. The van der Waals surface area contributed by atoms with Gasteiger partial charge in [0.05, 0.1) is 22.6 Å². The van der Waals surface area contributed by atoms with Crippen molar-refractivity contribution in [2.24, 2.45) is 11.3 Å². The minimum absolute atomic E-state index is 0.00158. The number of anilines is 3. The maximum atomic E-state index is 13.0. The molecule has 2 aliphatic rings. The van der Waals surface area contributed by atoms with Crippen LogP contribution in [0.3, 0.4) is 0 Å². The summed E-state index contributed by atoms with van der Waals surface area (Å²) in [6, 6.07) is 4.12. The van der Waals surface area contributed by atoms with Crippen molar-refractivity contribution in [3.63, 3.8) is 0 Å². The van der Waals surface area contributed by atoms with Gasteiger partial charge >= 0.3 is 0 Å². The van der Waals surface area contributed by atoms with Crippen molar-refractivity contribution in [2.45, 2.75) is 58.4 Å². The molecule has 144 valence electrons. The lowest BCUT2D eigenvalue weighted by molar-refractivity contribution is 0.0923. The number of carbonyl (C=O) groups is 1. The lowest BCUT2D eigenvalue weighted by Gasteiger charge is -2.29. The highest BCUT2D eigenvalue weighted by Crippen LogP contribution is 2.46. The number of nitrogens with one attached hydrogen (secondary N) is 2. The van der Waals surface area contributed by atoms with Crippen molar-refractivity contribution in [2.75, 3.05) is 36.6 Å². The number of hydrogen-bond acceptors (Lipinski definition) is 4. The molecule has 5 nitrogen and oxygen atoms in total. The fraction of sp³-hybridized carbons (Fsp3) is 0.667. The number of rotatable bonds is 6. The first-order valence-corrected chi connectivity index (χ1v) is 9.94. The van der Waals surface area contributed by atoms with Crippen LogP contribution in [-0.4, -0.2) is 32.6 Å². The number of carbonyl (C=O) groups excluding carboxylic acids is 1. The number of nitrogens with two attached hydrogens (primary N) is 1. The molecule has 4 N–H and O–H groups in total. The molecule has 0 atom stereocenters. The number of amides is 1. The molecule has 0 radical (unpaired) electrons. The third-order valence-electron chi connectivity index (χ3n) is 6.17. The van der Waals surface area contributed by atoms with Gasteiger partial charge in [-0.25, -0.2) is 0 Å². The van der Waals surface area contributed by atoms with Gasteiger partial charge in [0.1, 0.15) is 0 Å². The molecule has 1 aromatic carbocycles. The van der Waals surface area contributed by atoms with E-state index in [4.69, 9.17) is 5.73 Å². The van der Waals surface area contributed by atoms with E-state index < -0.39 is 0 Å². The molecule has 3 rings (SSSR count). The Morgan fingerprint density at radius 2 is 1.92 bits per heavy atom. The summed E-state index contributed by atoms with van der Waals surface area (Å²) in [6.45, 7) is 5.56. The van der Waals surface area contributed by atoms with E-state index in [-0.39, 0.29) is 11.9 Å². The van der Waals surface area contributed by atoms with Gasteiger partial charge < -0.3 is 21.3 Å². The van der Waals surface area contributed by atoms with E-state index in [2.05, 4.69) is 36.4 Å². The predicted octanol–water partition coefficient (Wildman–Crippen LogP) is 3.86. The molecule has 1 aromatic rings. The smallest absolute Gasteiger partial charge is 0.253 e. The summed E-state index contributed by atoms with van der Waals surface area (Å²) >= 11 is 0. The molecule has 2 fully saturated rings. The van der Waals surface area contributed by atoms with Gasteiger partial charge in [-0.3, -0.25) is 4.79 Å². The van der Waals surface area contributed by atoms with E-state index in [1.165, 1.54) is 25.7 Å². The average Bonchev–Trinajstić information content (AvgIpc) is 3.33. The minimum Gasteiger partial charge on any atom is -0.397 e. The first-order valence-electron chi connectivity index (χ1n) is 9.94. The molecule has 0 bridgehead atoms. The van der Waals surface area contributed by atoms with E-state index in [0.29, 0.717) is 16.7 Å². The van der Waals surface area contributed by atoms with Gasteiger partial charge in [0.2, 0.25) is 0 Å². The summed E-state index contributed by atoms with van der Waals surface area (Å²) in [5, 5.41) is 6.39. The Morgan fingerprint density at radius 1 is 1.27 bits per heavy atom. The zero-order chi connectivity index (χ0) is 18.9. The molecule has 2 aliphatic carbocycles. The van der Waals surface area contributed by atoms with E-state index in [1.807, 2.05) is 19.2 Å². The highest BCUT2D eigenvalue weighted by atomic mass is 16.1. The van der Waals surface area contributed by atoms with Gasteiger partial charge in [0, 0.05) is 26.7 Å². The van der Waals surface area contributed by atoms with Crippen LogP contribution in [-0.2, 0) is 0 Å². The molecule has 0 saturated heterocycles. The van der Waals surface area contributed by atoms with E-state index in [9.17, 15) is 4.79 Å². The van der Waals surface area contributed by atoms with Crippen LogP contribution in [0.4, 0.5) is 17.1 Å². The number of nitrogen functional groups attached to an aromatic ring is 1. The number of benzene rings is 1. The largest absolute Gasteiger partial charge is 0.397 e. The molecule has 5 heteroatoms. The molecule has 0 unspecified atom stereocenters. The molecule has 0 aromatic heterocycles. The minimum atomic E-state index is 0.00158. The second-order valence-corrected chi connectivity index (χ2v) is 8.80. The molecule has 2 saturated carbocycles. The fourth-order valence-electron chi connectivity index (χ4n) is 4.02. The van der Waals surface area contributed by atoms with Gasteiger partial charge in [-0.1, -0.05) is 13.8 Å². The zero-order valence-corrected chi connectivity index (χ0v) is 16.7. The van der Waals surface area contributed by atoms with Crippen LogP contribution in [0.2, 0.25) is 0 Å². The molecule has 1 amide bonds. The van der Waals surface area contributed by atoms with Crippen LogP contribution >= 0.6 is 0 Å². The summed E-state index contributed by atoms with van der Waals surface area (Å²) in [7, 11) is 3.94. The molecule has 0 aliphatic heterocycles. The van der Waals surface area contributed by atoms with Gasteiger partial charge in [0.25, 0.3) is 5.91 Å². The quantitative estimate of drug-likeness (QED) is 0.676. The van der Waals surface area contributed by atoms with Gasteiger partial charge in [-0.05, 0) is 62.0 Å². The molecular formula is C21H34N4O. The SMILES string of the molecule is CNc1cc(N(C)CC2(C)CC2)c(C(=O)NC2CCC(C)CC2)cc1N. The van der Waals surface area contributed by atoms with Crippen LogP contribution in [0.15, 0.2) is 12.1 Å². The molecular weight excluding hydrogens is 324 g/mol. The van der Waals surface area contributed by atoms with Crippen LogP contribution < -0.4 is 21.3 Å². The first kappa shape index (κ1) is 18.9. The number of hydrogen-bond donors (Lipinski definition) is 3. The van der Waals surface area contributed by atoms with Gasteiger partial charge in [-0.15, -0.1) is 0 Å². The Balaban J connectivity index is 1.81. The Bertz CT molecular complexity index is 660. The zero-order valence-electron chi connectivity index (χ0n) is 16.7. The standard InChI is InChI=1S/C21H34N4O/c1-14-5-7-15(8-6-14)24-20(26)16-11-17(22)18(23-3)12-19(16)25(4)13-21(2)9-10-21/h11-12,14-15,23H,5-10,13,22H2,1-4H3,(H,24,26). The Labute approximate surface area is 157 Å². The van der Waals surface area contributed by atoms with E-state index in [0.717, 1.165) is 36.7 Å².